The predicted molar refractivity (Wildman–Crippen MR) is 97.8 cm³/mol. The first-order chi connectivity index (χ1) is 12.5. The number of hydrogen-bond acceptors (Lipinski definition) is 6. The van der Waals surface area contributed by atoms with E-state index < -0.39 is 11.2 Å². The van der Waals surface area contributed by atoms with E-state index in [1.807, 2.05) is 34.6 Å². The standard InChI is InChI=1S/C20H27NO6/c1-19(2,3)27-18(23)21-12-20(4,5)26-11-14(21)10-24-15-6-7-16-13(8-15)9-25-17(16)22/h6-8,14H,9-12H2,1-5H3/t14-/m1/s1. The molecule has 1 fully saturated rings. The Morgan fingerprint density at radius 3 is 2.78 bits per heavy atom. The number of esters is 1. The molecule has 1 aromatic rings. The second-order valence-corrected chi connectivity index (χ2v) is 8.54. The van der Waals surface area contributed by atoms with Gasteiger partial charge >= 0.3 is 12.1 Å². The summed E-state index contributed by atoms with van der Waals surface area (Å²) in [6, 6.07) is 4.97. The molecule has 0 aromatic heterocycles. The van der Waals surface area contributed by atoms with Crippen molar-refractivity contribution in [2.24, 2.45) is 0 Å². The summed E-state index contributed by atoms with van der Waals surface area (Å²) in [4.78, 5) is 25.9. The Morgan fingerprint density at radius 2 is 2.07 bits per heavy atom. The highest BCUT2D eigenvalue weighted by Crippen LogP contribution is 2.27. The lowest BCUT2D eigenvalue weighted by molar-refractivity contribution is -0.119. The topological polar surface area (TPSA) is 74.3 Å². The number of morpholine rings is 1. The lowest BCUT2D eigenvalue weighted by Crippen LogP contribution is -2.58. The minimum Gasteiger partial charge on any atom is -0.491 e. The van der Waals surface area contributed by atoms with Gasteiger partial charge in [-0.1, -0.05) is 0 Å². The monoisotopic (exact) mass is 377 g/mol. The average Bonchev–Trinajstić information content (AvgIpc) is 2.92. The zero-order valence-electron chi connectivity index (χ0n) is 16.5. The molecule has 0 radical (unpaired) electrons. The number of benzene rings is 1. The van der Waals surface area contributed by atoms with E-state index in [0.717, 1.165) is 5.56 Å². The van der Waals surface area contributed by atoms with Gasteiger partial charge in [0, 0.05) is 5.56 Å². The summed E-state index contributed by atoms with van der Waals surface area (Å²) in [5.41, 5.74) is 0.360. The van der Waals surface area contributed by atoms with Crippen LogP contribution in [0.1, 0.15) is 50.5 Å². The van der Waals surface area contributed by atoms with E-state index in [4.69, 9.17) is 18.9 Å². The van der Waals surface area contributed by atoms with Crippen LogP contribution in [0.2, 0.25) is 0 Å². The molecule has 1 aromatic carbocycles. The first-order valence-electron chi connectivity index (χ1n) is 9.10. The van der Waals surface area contributed by atoms with Crippen molar-refractivity contribution < 1.29 is 28.5 Å². The summed E-state index contributed by atoms with van der Waals surface area (Å²) in [5, 5.41) is 0. The van der Waals surface area contributed by atoms with Gasteiger partial charge in [-0.05, 0) is 52.8 Å². The minimum absolute atomic E-state index is 0.260. The van der Waals surface area contributed by atoms with E-state index in [1.54, 1.807) is 23.1 Å². The number of carbonyl (C=O) groups is 2. The third kappa shape index (κ3) is 4.71. The van der Waals surface area contributed by atoms with Gasteiger partial charge in [-0.25, -0.2) is 9.59 Å². The highest BCUT2D eigenvalue weighted by Gasteiger charge is 2.39. The molecule has 1 amide bonds. The number of nitrogens with zero attached hydrogens (tertiary/aromatic N) is 1. The fraction of sp³-hybridized carbons (Fsp3) is 0.600. The minimum atomic E-state index is -0.572. The van der Waals surface area contributed by atoms with Crippen molar-refractivity contribution in [3.8, 4) is 5.75 Å². The van der Waals surface area contributed by atoms with Gasteiger partial charge in [0.1, 0.15) is 24.6 Å². The molecular formula is C20H27NO6. The number of ether oxygens (including phenoxy) is 4. The Balaban J connectivity index is 1.68. The maximum absolute atomic E-state index is 12.7. The first kappa shape index (κ1) is 19.5. The molecule has 0 bridgehead atoms. The van der Waals surface area contributed by atoms with Crippen LogP contribution in [0.15, 0.2) is 18.2 Å². The van der Waals surface area contributed by atoms with Crippen LogP contribution in [0.4, 0.5) is 4.79 Å². The number of amides is 1. The summed E-state index contributed by atoms with van der Waals surface area (Å²) in [5.74, 6) is 0.316. The summed E-state index contributed by atoms with van der Waals surface area (Å²) < 4.78 is 22.3. The lowest BCUT2D eigenvalue weighted by Gasteiger charge is -2.43. The van der Waals surface area contributed by atoms with E-state index in [0.29, 0.717) is 24.5 Å². The van der Waals surface area contributed by atoms with Crippen LogP contribution in [0.3, 0.4) is 0 Å². The Hall–Kier alpha value is -2.28. The summed E-state index contributed by atoms with van der Waals surface area (Å²) >= 11 is 0. The molecule has 3 rings (SSSR count). The molecule has 2 aliphatic rings. The second kappa shape index (κ2) is 7.03. The molecular weight excluding hydrogens is 350 g/mol. The molecule has 2 aliphatic heterocycles. The molecule has 0 saturated carbocycles. The summed E-state index contributed by atoms with van der Waals surface area (Å²) in [6.07, 6.45) is -0.375. The lowest BCUT2D eigenvalue weighted by atomic mass is 10.0. The molecule has 7 nitrogen and oxygen atoms in total. The predicted octanol–water partition coefficient (Wildman–Crippen LogP) is 3.15. The van der Waals surface area contributed by atoms with Crippen LogP contribution in [-0.4, -0.2) is 54.0 Å². The van der Waals surface area contributed by atoms with Gasteiger partial charge in [0.2, 0.25) is 0 Å². The number of rotatable bonds is 3. The van der Waals surface area contributed by atoms with Crippen molar-refractivity contribution in [3.63, 3.8) is 0 Å². The van der Waals surface area contributed by atoms with Crippen LogP contribution < -0.4 is 4.74 Å². The van der Waals surface area contributed by atoms with Crippen molar-refractivity contribution in [2.45, 2.75) is 58.5 Å². The SMILES string of the molecule is CC(C)(C)OC(=O)N1CC(C)(C)OC[C@H]1COc1ccc2c(c1)COC2=O. The largest absolute Gasteiger partial charge is 0.491 e. The van der Waals surface area contributed by atoms with Crippen molar-refractivity contribution in [1.29, 1.82) is 0 Å². The van der Waals surface area contributed by atoms with Crippen molar-refractivity contribution in [1.82, 2.24) is 4.90 Å². The van der Waals surface area contributed by atoms with Crippen molar-refractivity contribution in [2.75, 3.05) is 19.8 Å². The maximum Gasteiger partial charge on any atom is 0.410 e. The van der Waals surface area contributed by atoms with E-state index in [2.05, 4.69) is 0 Å². The molecule has 2 heterocycles. The van der Waals surface area contributed by atoms with Crippen LogP contribution in [0.5, 0.6) is 5.75 Å². The molecule has 7 heteroatoms. The number of hydrogen-bond donors (Lipinski definition) is 0. The zero-order valence-corrected chi connectivity index (χ0v) is 16.5. The Bertz CT molecular complexity index is 736. The zero-order chi connectivity index (χ0) is 19.8. The number of cyclic esters (lactones) is 1. The van der Waals surface area contributed by atoms with Crippen LogP contribution in [-0.2, 0) is 20.8 Å². The Kier molecular flexibility index (Phi) is 5.08. The highest BCUT2D eigenvalue weighted by atomic mass is 16.6. The van der Waals surface area contributed by atoms with Crippen molar-refractivity contribution in [3.05, 3.63) is 29.3 Å². The Labute approximate surface area is 159 Å². The van der Waals surface area contributed by atoms with Gasteiger partial charge in [-0.15, -0.1) is 0 Å². The van der Waals surface area contributed by atoms with Gasteiger partial charge < -0.3 is 18.9 Å². The van der Waals surface area contributed by atoms with Gasteiger partial charge in [0.25, 0.3) is 0 Å². The van der Waals surface area contributed by atoms with E-state index >= 15 is 0 Å². The molecule has 0 N–H and O–H groups in total. The van der Waals surface area contributed by atoms with Crippen LogP contribution in [0.25, 0.3) is 0 Å². The van der Waals surface area contributed by atoms with Gasteiger partial charge in [-0.2, -0.15) is 0 Å². The van der Waals surface area contributed by atoms with Crippen LogP contribution in [0, 0.1) is 0 Å². The summed E-state index contributed by atoms with van der Waals surface area (Å²) in [7, 11) is 0. The normalized spacial score (nSPS) is 21.4. The summed E-state index contributed by atoms with van der Waals surface area (Å²) in [6.45, 7) is 10.7. The molecule has 1 saturated heterocycles. The quantitative estimate of drug-likeness (QED) is 0.754. The van der Waals surface area contributed by atoms with E-state index in [-0.39, 0.29) is 31.3 Å². The van der Waals surface area contributed by atoms with Gasteiger partial charge in [0.15, 0.2) is 0 Å². The van der Waals surface area contributed by atoms with Crippen molar-refractivity contribution >= 4 is 12.1 Å². The number of fused-ring (bicyclic) bond motifs is 1. The fourth-order valence-electron chi connectivity index (χ4n) is 3.06. The molecule has 1 atom stereocenters. The smallest absolute Gasteiger partial charge is 0.410 e. The average molecular weight is 377 g/mol. The Morgan fingerprint density at radius 1 is 1.33 bits per heavy atom. The van der Waals surface area contributed by atoms with Gasteiger partial charge in [0.05, 0.1) is 30.4 Å². The second-order valence-electron chi connectivity index (χ2n) is 8.54. The molecule has 0 aliphatic carbocycles. The van der Waals surface area contributed by atoms with E-state index in [9.17, 15) is 9.59 Å². The third-order valence-electron chi connectivity index (χ3n) is 4.38. The maximum atomic E-state index is 12.7. The van der Waals surface area contributed by atoms with Gasteiger partial charge in [-0.3, -0.25) is 4.90 Å². The molecule has 27 heavy (non-hydrogen) atoms. The molecule has 0 spiro atoms. The van der Waals surface area contributed by atoms with E-state index in [1.165, 1.54) is 0 Å². The molecule has 148 valence electrons. The molecule has 0 unspecified atom stereocenters. The van der Waals surface area contributed by atoms with Crippen LogP contribution >= 0.6 is 0 Å². The first-order valence-corrected chi connectivity index (χ1v) is 9.10. The fourth-order valence-corrected chi connectivity index (χ4v) is 3.06. The highest BCUT2D eigenvalue weighted by molar-refractivity contribution is 5.93. The number of carbonyl (C=O) groups excluding carboxylic acids is 2. The third-order valence-corrected chi connectivity index (χ3v) is 4.38.